The molecule has 0 aliphatic heterocycles. The lowest BCUT2D eigenvalue weighted by atomic mass is 10.2. The fourth-order valence-corrected chi connectivity index (χ4v) is 3.45. The smallest absolute Gasteiger partial charge is 0.245 e. The Kier molecular flexibility index (Phi) is 6.58. The molecule has 20 heavy (non-hydrogen) atoms. The lowest BCUT2D eigenvalue weighted by Gasteiger charge is -2.22. The molecule has 0 radical (unpaired) electrons. The van der Waals surface area contributed by atoms with Gasteiger partial charge in [0.25, 0.3) is 0 Å². The Labute approximate surface area is 120 Å². The number of benzene rings is 1. The third-order valence-corrected chi connectivity index (χ3v) is 4.96. The Morgan fingerprint density at radius 3 is 2.45 bits per heavy atom. The molecule has 0 atom stereocenters. The summed E-state index contributed by atoms with van der Waals surface area (Å²) in [4.78, 5) is -0.294. The minimum atomic E-state index is -3.85. The number of halogens is 1. The van der Waals surface area contributed by atoms with Crippen LogP contribution in [0.5, 0.6) is 0 Å². The number of aliphatic hydroxyl groups is 1. The van der Waals surface area contributed by atoms with Crippen LogP contribution in [0.4, 0.5) is 4.39 Å². The summed E-state index contributed by atoms with van der Waals surface area (Å²) in [7, 11) is -3.85. The van der Waals surface area contributed by atoms with Gasteiger partial charge in [-0.25, -0.2) is 12.8 Å². The van der Waals surface area contributed by atoms with Gasteiger partial charge in [-0.2, -0.15) is 4.31 Å². The van der Waals surface area contributed by atoms with Crippen molar-refractivity contribution in [3.63, 3.8) is 0 Å². The van der Waals surface area contributed by atoms with Crippen LogP contribution in [-0.2, 0) is 10.0 Å². The molecule has 0 bridgehead atoms. The van der Waals surface area contributed by atoms with Crippen molar-refractivity contribution in [3.8, 4) is 0 Å². The molecule has 0 amide bonds. The summed E-state index contributed by atoms with van der Waals surface area (Å²) in [6.07, 6.45) is 1.90. The molecule has 0 aromatic heterocycles. The molecule has 0 heterocycles. The molecular weight excluding hydrogens is 281 g/mol. The summed E-state index contributed by atoms with van der Waals surface area (Å²) in [5.41, 5.74) is 0.678. The lowest BCUT2D eigenvalue weighted by molar-refractivity contribution is 0.268. The number of sulfonamides is 1. The van der Waals surface area contributed by atoms with Crippen LogP contribution < -0.4 is 0 Å². The van der Waals surface area contributed by atoms with Crippen LogP contribution in [0.1, 0.15) is 31.7 Å². The molecule has 6 heteroatoms. The summed E-state index contributed by atoms with van der Waals surface area (Å²) in [5.74, 6) is -0.726. The highest BCUT2D eigenvalue weighted by molar-refractivity contribution is 7.89. The van der Waals surface area contributed by atoms with Gasteiger partial charge in [0.2, 0.25) is 10.0 Å². The van der Waals surface area contributed by atoms with Gasteiger partial charge in [-0.15, -0.1) is 0 Å². The van der Waals surface area contributed by atoms with Crippen LogP contribution in [-0.4, -0.2) is 37.5 Å². The van der Waals surface area contributed by atoms with Gasteiger partial charge in [0.05, 0.1) is 0 Å². The minimum absolute atomic E-state index is 0.0888. The van der Waals surface area contributed by atoms with E-state index < -0.39 is 15.8 Å². The van der Waals surface area contributed by atoms with E-state index >= 15 is 0 Å². The van der Waals surface area contributed by atoms with Crippen LogP contribution >= 0.6 is 0 Å². The van der Waals surface area contributed by atoms with Crippen molar-refractivity contribution in [3.05, 3.63) is 29.6 Å². The third-order valence-electron chi connectivity index (χ3n) is 3.03. The van der Waals surface area contributed by atoms with E-state index in [9.17, 15) is 12.8 Å². The maximum atomic E-state index is 13.9. The quantitative estimate of drug-likeness (QED) is 0.802. The summed E-state index contributed by atoms with van der Waals surface area (Å²) >= 11 is 0. The Bertz CT molecular complexity index is 523. The van der Waals surface area contributed by atoms with Gasteiger partial charge in [0.1, 0.15) is 10.7 Å². The number of rotatable bonds is 8. The van der Waals surface area contributed by atoms with Crippen molar-refractivity contribution in [1.29, 1.82) is 0 Å². The Balaban J connectivity index is 3.07. The summed E-state index contributed by atoms with van der Waals surface area (Å²) in [5, 5.41) is 8.87. The summed E-state index contributed by atoms with van der Waals surface area (Å²) in [6, 6.07) is 4.11. The largest absolute Gasteiger partial charge is 0.396 e. The van der Waals surface area contributed by atoms with Crippen molar-refractivity contribution >= 4 is 10.0 Å². The molecule has 1 aromatic carbocycles. The maximum Gasteiger partial charge on any atom is 0.245 e. The molecule has 0 fully saturated rings. The second-order valence-electron chi connectivity index (χ2n) is 4.77. The number of aliphatic hydroxyl groups excluding tert-OH is 1. The molecular formula is C14H22FNO3S. The Morgan fingerprint density at radius 2 is 1.90 bits per heavy atom. The average molecular weight is 303 g/mol. The van der Waals surface area contributed by atoms with Gasteiger partial charge in [-0.1, -0.05) is 19.4 Å². The maximum absolute atomic E-state index is 13.9. The normalized spacial score (nSPS) is 12.1. The molecule has 0 unspecified atom stereocenters. The minimum Gasteiger partial charge on any atom is -0.396 e. The van der Waals surface area contributed by atoms with Gasteiger partial charge < -0.3 is 5.11 Å². The highest BCUT2D eigenvalue weighted by Gasteiger charge is 2.26. The van der Waals surface area contributed by atoms with Crippen LogP contribution in [0, 0.1) is 12.7 Å². The fraction of sp³-hybridized carbons (Fsp3) is 0.571. The molecule has 1 N–H and O–H groups in total. The van der Waals surface area contributed by atoms with Crippen LogP contribution in [0.15, 0.2) is 23.1 Å². The van der Waals surface area contributed by atoms with E-state index in [1.165, 1.54) is 16.4 Å². The number of nitrogens with zero attached hydrogens (tertiary/aromatic N) is 1. The first-order valence-corrected chi connectivity index (χ1v) is 8.24. The number of aryl methyl sites for hydroxylation is 1. The van der Waals surface area contributed by atoms with Gasteiger partial charge in [0.15, 0.2) is 0 Å². The first-order valence-electron chi connectivity index (χ1n) is 6.80. The van der Waals surface area contributed by atoms with E-state index in [1.807, 2.05) is 6.92 Å². The number of hydrogen-bond acceptors (Lipinski definition) is 3. The third kappa shape index (κ3) is 4.26. The first-order chi connectivity index (χ1) is 9.43. The van der Waals surface area contributed by atoms with Gasteiger partial charge in [0, 0.05) is 19.7 Å². The summed E-state index contributed by atoms with van der Waals surface area (Å²) < 4.78 is 40.1. The molecule has 1 aromatic rings. The van der Waals surface area contributed by atoms with Crippen molar-refractivity contribution in [2.45, 2.75) is 38.0 Å². The van der Waals surface area contributed by atoms with Gasteiger partial charge >= 0.3 is 0 Å². The van der Waals surface area contributed by atoms with Crippen molar-refractivity contribution in [2.75, 3.05) is 19.7 Å². The number of hydrogen-bond donors (Lipinski definition) is 1. The van der Waals surface area contributed by atoms with Crippen LogP contribution in [0.2, 0.25) is 0 Å². The zero-order chi connectivity index (χ0) is 15.2. The highest BCUT2D eigenvalue weighted by atomic mass is 32.2. The zero-order valence-corrected chi connectivity index (χ0v) is 12.8. The van der Waals surface area contributed by atoms with E-state index in [0.29, 0.717) is 24.9 Å². The second kappa shape index (κ2) is 7.71. The molecule has 0 aliphatic carbocycles. The van der Waals surface area contributed by atoms with Crippen LogP contribution in [0.3, 0.4) is 0 Å². The van der Waals surface area contributed by atoms with Crippen LogP contribution in [0.25, 0.3) is 0 Å². The predicted octanol–water partition coefficient (Wildman–Crippen LogP) is 2.31. The molecule has 0 spiro atoms. The van der Waals surface area contributed by atoms with E-state index in [4.69, 9.17) is 5.11 Å². The molecule has 0 saturated heterocycles. The first kappa shape index (κ1) is 17.1. The number of unbranched alkanes of at least 4 members (excludes halogenated alkanes) is 1. The molecule has 0 aliphatic rings. The SMILES string of the molecule is CCCCN(CCCO)S(=O)(=O)c1ccc(C)cc1F. The van der Waals surface area contributed by atoms with E-state index in [1.54, 1.807) is 13.0 Å². The standard InChI is InChI=1S/C14H22FNO3S/c1-3-4-8-16(9-5-10-17)20(18,19)14-7-6-12(2)11-13(14)15/h6-7,11,17H,3-5,8-10H2,1-2H3. The van der Waals surface area contributed by atoms with Gasteiger partial charge in [-0.05, 0) is 37.5 Å². The van der Waals surface area contributed by atoms with E-state index in [2.05, 4.69) is 0 Å². The van der Waals surface area contributed by atoms with Crippen molar-refractivity contribution < 1.29 is 17.9 Å². The predicted molar refractivity (Wildman–Crippen MR) is 76.5 cm³/mol. The zero-order valence-electron chi connectivity index (χ0n) is 12.0. The molecule has 114 valence electrons. The lowest BCUT2D eigenvalue weighted by Crippen LogP contribution is -2.34. The Hall–Kier alpha value is -0.980. The van der Waals surface area contributed by atoms with E-state index in [0.717, 1.165) is 6.42 Å². The highest BCUT2D eigenvalue weighted by Crippen LogP contribution is 2.21. The Morgan fingerprint density at radius 1 is 1.25 bits per heavy atom. The second-order valence-corrected chi connectivity index (χ2v) is 6.68. The summed E-state index contributed by atoms with van der Waals surface area (Å²) in [6.45, 7) is 4.12. The van der Waals surface area contributed by atoms with Crippen molar-refractivity contribution in [2.24, 2.45) is 0 Å². The topological polar surface area (TPSA) is 57.6 Å². The average Bonchev–Trinajstić information content (AvgIpc) is 2.38. The van der Waals surface area contributed by atoms with Gasteiger partial charge in [-0.3, -0.25) is 0 Å². The van der Waals surface area contributed by atoms with E-state index in [-0.39, 0.29) is 18.0 Å². The molecule has 0 saturated carbocycles. The fourth-order valence-electron chi connectivity index (χ4n) is 1.89. The monoisotopic (exact) mass is 303 g/mol. The molecule has 4 nitrogen and oxygen atoms in total. The molecule has 1 rings (SSSR count). The van der Waals surface area contributed by atoms with Crippen molar-refractivity contribution in [1.82, 2.24) is 4.31 Å².